The topological polar surface area (TPSA) is 3.24 Å². The van der Waals surface area contributed by atoms with Gasteiger partial charge in [0.15, 0.2) is 0 Å². The van der Waals surface area contributed by atoms with Crippen LogP contribution in [-0.2, 0) is 17.0 Å². The van der Waals surface area contributed by atoms with Crippen molar-refractivity contribution >= 4 is 4.35 Å². The summed E-state index contributed by atoms with van der Waals surface area (Å²) >= 11 is 2.42. The molecule has 4 heteroatoms. The van der Waals surface area contributed by atoms with E-state index in [0.717, 1.165) is 17.3 Å². The molecule has 1 heterocycles. The zero-order chi connectivity index (χ0) is 9.14. The van der Waals surface area contributed by atoms with Gasteiger partial charge in [0.1, 0.15) is 0 Å². The fourth-order valence-corrected chi connectivity index (χ4v) is 1.79. The van der Waals surface area contributed by atoms with Crippen LogP contribution >= 0.6 is 0 Å². The molecular formula is C8H13F2NV. The zero-order valence-electron chi connectivity index (χ0n) is 7.13. The molecule has 69 valence electrons. The van der Waals surface area contributed by atoms with E-state index >= 15 is 0 Å². The molecule has 0 aromatic carbocycles. The van der Waals surface area contributed by atoms with Gasteiger partial charge >= 0.3 is 80.2 Å². The van der Waals surface area contributed by atoms with Crippen LogP contribution < -0.4 is 0 Å². The van der Waals surface area contributed by atoms with Gasteiger partial charge < -0.3 is 0 Å². The number of piperidine rings is 1. The molecule has 1 fully saturated rings. The van der Waals surface area contributed by atoms with Gasteiger partial charge in [-0.3, -0.25) is 0 Å². The second-order valence-electron chi connectivity index (χ2n) is 3.23. The van der Waals surface area contributed by atoms with Gasteiger partial charge in [0, 0.05) is 0 Å². The van der Waals surface area contributed by atoms with Crippen molar-refractivity contribution in [2.75, 3.05) is 13.1 Å². The molecule has 0 N–H and O–H groups in total. The van der Waals surface area contributed by atoms with Crippen molar-refractivity contribution in [1.29, 1.82) is 0 Å². The van der Waals surface area contributed by atoms with E-state index in [1.807, 2.05) is 11.8 Å². The molecule has 12 heavy (non-hydrogen) atoms. The first-order chi connectivity index (χ1) is 5.61. The number of alkyl halides is 2. The summed E-state index contributed by atoms with van der Waals surface area (Å²) in [6, 6.07) is 0. The fraction of sp³-hybridized carbons (Fsp3) is 0.875. The molecule has 1 aliphatic heterocycles. The molecule has 1 unspecified atom stereocenters. The van der Waals surface area contributed by atoms with Gasteiger partial charge in [-0.2, -0.15) is 0 Å². The second kappa shape index (κ2) is 4.49. The van der Waals surface area contributed by atoms with Crippen LogP contribution in [0.4, 0.5) is 8.78 Å². The van der Waals surface area contributed by atoms with Crippen LogP contribution in [0.15, 0.2) is 0 Å². The van der Waals surface area contributed by atoms with Crippen LogP contribution in [0, 0.1) is 5.92 Å². The Balaban J connectivity index is 2.46. The van der Waals surface area contributed by atoms with E-state index in [2.05, 4.69) is 17.0 Å². The first kappa shape index (κ1) is 10.4. The van der Waals surface area contributed by atoms with Gasteiger partial charge in [0.25, 0.3) is 0 Å². The normalized spacial score (nSPS) is 26.1. The van der Waals surface area contributed by atoms with E-state index in [0.29, 0.717) is 13.0 Å². The molecule has 1 aliphatic rings. The van der Waals surface area contributed by atoms with Crippen molar-refractivity contribution in [3.8, 4) is 0 Å². The third kappa shape index (κ3) is 2.65. The number of hydrogen-bond donors (Lipinski definition) is 0. The SMILES string of the molecule is C[C](=[V])N1CCCC(C(F)F)C1. The van der Waals surface area contributed by atoms with Crippen LogP contribution in [0.25, 0.3) is 0 Å². The first-order valence-corrected chi connectivity index (χ1v) is 4.86. The van der Waals surface area contributed by atoms with E-state index in [9.17, 15) is 8.78 Å². The fourth-order valence-electron chi connectivity index (χ4n) is 1.51. The number of likely N-dealkylation sites (tertiary alicyclic amines) is 1. The van der Waals surface area contributed by atoms with E-state index in [1.54, 1.807) is 0 Å². The Morgan fingerprint density at radius 1 is 1.58 bits per heavy atom. The third-order valence-corrected chi connectivity index (χ3v) is 2.71. The van der Waals surface area contributed by atoms with Crippen molar-refractivity contribution in [2.24, 2.45) is 5.92 Å². The van der Waals surface area contributed by atoms with Crippen molar-refractivity contribution in [3.63, 3.8) is 0 Å². The minimum absolute atomic E-state index is 0.419. The molecule has 0 saturated carbocycles. The summed E-state index contributed by atoms with van der Waals surface area (Å²) in [7, 11) is 0. The van der Waals surface area contributed by atoms with Crippen molar-refractivity contribution in [2.45, 2.75) is 26.2 Å². The summed E-state index contributed by atoms with van der Waals surface area (Å²) in [5.74, 6) is -0.419. The standard InChI is InChI=1S/C8H13F2N.V/c1-2-11-5-3-4-7(6-11)8(9)10;/h7-8H,3-6H2,1H3;. The summed E-state index contributed by atoms with van der Waals surface area (Å²) < 4.78 is 25.7. The molecule has 0 bridgehead atoms. The Morgan fingerprint density at radius 3 is 2.75 bits per heavy atom. The van der Waals surface area contributed by atoms with Crippen molar-refractivity contribution in [3.05, 3.63) is 0 Å². The van der Waals surface area contributed by atoms with Gasteiger partial charge in [-0.1, -0.05) is 0 Å². The molecule has 0 aromatic heterocycles. The zero-order valence-corrected chi connectivity index (χ0v) is 8.53. The van der Waals surface area contributed by atoms with Crippen LogP contribution in [0.2, 0.25) is 0 Å². The molecule has 0 aliphatic carbocycles. The molecule has 0 aromatic rings. The summed E-state index contributed by atoms with van der Waals surface area (Å²) in [6.45, 7) is 3.41. The van der Waals surface area contributed by atoms with Gasteiger partial charge in [-0.05, 0) is 0 Å². The second-order valence-corrected chi connectivity index (χ2v) is 4.24. The first-order valence-electron chi connectivity index (χ1n) is 4.17. The summed E-state index contributed by atoms with van der Waals surface area (Å²) in [5.41, 5.74) is 0. The predicted molar refractivity (Wildman–Crippen MR) is 41.0 cm³/mol. The predicted octanol–water partition coefficient (Wildman–Crippen LogP) is 1.66. The number of nitrogens with zero attached hydrogens (tertiary/aromatic N) is 1. The van der Waals surface area contributed by atoms with Crippen LogP contribution in [0.1, 0.15) is 19.8 Å². The molecule has 0 amide bonds. The van der Waals surface area contributed by atoms with Gasteiger partial charge in [0.05, 0.1) is 0 Å². The maximum absolute atomic E-state index is 12.3. The van der Waals surface area contributed by atoms with Crippen LogP contribution in [0.3, 0.4) is 0 Å². The quantitative estimate of drug-likeness (QED) is 0.672. The molecular weight excluding hydrogens is 199 g/mol. The number of hydrogen-bond acceptors (Lipinski definition) is 1. The van der Waals surface area contributed by atoms with E-state index < -0.39 is 12.3 Å². The van der Waals surface area contributed by atoms with Crippen molar-refractivity contribution < 1.29 is 25.8 Å². The van der Waals surface area contributed by atoms with Gasteiger partial charge in [-0.15, -0.1) is 0 Å². The maximum atomic E-state index is 12.3. The summed E-state index contributed by atoms with van der Waals surface area (Å²) in [4.78, 5) is 2.03. The Bertz CT molecular complexity index is 172. The molecule has 1 rings (SSSR count). The molecule has 0 spiro atoms. The summed E-state index contributed by atoms with van der Waals surface area (Å²) in [5, 5.41) is 0. The van der Waals surface area contributed by atoms with E-state index in [-0.39, 0.29) is 0 Å². The monoisotopic (exact) mass is 212 g/mol. The van der Waals surface area contributed by atoms with E-state index in [4.69, 9.17) is 0 Å². The molecule has 1 atom stereocenters. The molecule has 1 nitrogen and oxygen atoms in total. The Kier molecular flexibility index (Phi) is 3.88. The molecule has 0 radical (unpaired) electrons. The number of rotatable bonds is 2. The summed E-state index contributed by atoms with van der Waals surface area (Å²) in [6.07, 6.45) is -0.585. The average Bonchev–Trinajstić information content (AvgIpc) is 2.04. The minimum atomic E-state index is -2.15. The average molecular weight is 212 g/mol. The van der Waals surface area contributed by atoms with Gasteiger partial charge in [-0.25, -0.2) is 0 Å². The van der Waals surface area contributed by atoms with Crippen molar-refractivity contribution in [1.82, 2.24) is 4.90 Å². The van der Waals surface area contributed by atoms with Crippen LogP contribution in [-0.4, -0.2) is 28.8 Å². The Labute approximate surface area is 80.6 Å². The Hall–Kier alpha value is 0.274. The third-order valence-electron chi connectivity index (χ3n) is 2.27. The van der Waals surface area contributed by atoms with Gasteiger partial charge in [0.2, 0.25) is 0 Å². The van der Waals surface area contributed by atoms with E-state index in [1.165, 1.54) is 0 Å². The Morgan fingerprint density at radius 2 is 2.25 bits per heavy atom. The molecule has 1 saturated heterocycles. The number of halogens is 2. The van der Waals surface area contributed by atoms with Crippen LogP contribution in [0.5, 0.6) is 0 Å².